The van der Waals surface area contributed by atoms with Crippen molar-refractivity contribution >= 4 is 34.9 Å². The monoisotopic (exact) mass is 318 g/mol. The Hall–Kier alpha value is -1.07. The lowest BCUT2D eigenvalue weighted by molar-refractivity contribution is 0.0417. The highest BCUT2D eigenvalue weighted by Crippen LogP contribution is 2.28. The lowest BCUT2D eigenvalue weighted by Gasteiger charge is -2.09. The number of thiophene rings is 1. The standard InChI is InChI=1S/C14H19ClO4S/c1-8(2)6-18-13(16)10-5-11(15)20-12(10)14(17)19-7-9(3)4/h5,8-9H,6-7H2,1-4H3. The van der Waals surface area contributed by atoms with Gasteiger partial charge in [-0.15, -0.1) is 11.3 Å². The summed E-state index contributed by atoms with van der Waals surface area (Å²) in [6, 6.07) is 1.45. The third-order valence-electron chi connectivity index (χ3n) is 2.20. The third kappa shape index (κ3) is 5.13. The van der Waals surface area contributed by atoms with Crippen LogP contribution in [0.15, 0.2) is 6.07 Å². The minimum atomic E-state index is -0.543. The predicted octanol–water partition coefficient (Wildman–Crippen LogP) is 4.03. The molecule has 0 N–H and O–H groups in total. The zero-order valence-corrected chi connectivity index (χ0v) is 13.6. The van der Waals surface area contributed by atoms with E-state index in [-0.39, 0.29) is 22.3 Å². The van der Waals surface area contributed by atoms with Gasteiger partial charge < -0.3 is 9.47 Å². The van der Waals surface area contributed by atoms with Crippen LogP contribution >= 0.6 is 22.9 Å². The van der Waals surface area contributed by atoms with Crippen molar-refractivity contribution in [2.24, 2.45) is 11.8 Å². The summed E-state index contributed by atoms with van der Waals surface area (Å²) in [5, 5.41) is 0. The van der Waals surface area contributed by atoms with Crippen LogP contribution in [-0.2, 0) is 9.47 Å². The normalized spacial score (nSPS) is 10.9. The first-order valence-electron chi connectivity index (χ1n) is 6.44. The average molecular weight is 319 g/mol. The summed E-state index contributed by atoms with van der Waals surface area (Å²) in [4.78, 5) is 24.1. The highest BCUT2D eigenvalue weighted by molar-refractivity contribution is 7.18. The quantitative estimate of drug-likeness (QED) is 0.743. The summed E-state index contributed by atoms with van der Waals surface area (Å²) in [5.41, 5.74) is 0.175. The summed E-state index contributed by atoms with van der Waals surface area (Å²) in [6.07, 6.45) is 0. The molecule has 0 saturated heterocycles. The molecule has 6 heteroatoms. The Labute approximate surface area is 128 Å². The molecule has 1 aromatic rings. The van der Waals surface area contributed by atoms with Crippen molar-refractivity contribution in [1.82, 2.24) is 0 Å². The number of ether oxygens (including phenoxy) is 2. The highest BCUT2D eigenvalue weighted by atomic mass is 35.5. The largest absolute Gasteiger partial charge is 0.462 e. The van der Waals surface area contributed by atoms with Crippen LogP contribution in [0.25, 0.3) is 0 Å². The number of hydrogen-bond acceptors (Lipinski definition) is 5. The molecule has 4 nitrogen and oxygen atoms in total. The van der Waals surface area contributed by atoms with E-state index in [1.807, 2.05) is 27.7 Å². The van der Waals surface area contributed by atoms with Gasteiger partial charge in [0.2, 0.25) is 0 Å². The third-order valence-corrected chi connectivity index (χ3v) is 3.45. The molecule has 112 valence electrons. The topological polar surface area (TPSA) is 52.6 Å². The molecular weight excluding hydrogens is 300 g/mol. The van der Waals surface area contributed by atoms with Gasteiger partial charge in [0, 0.05) is 0 Å². The van der Waals surface area contributed by atoms with Crippen LogP contribution in [0.4, 0.5) is 0 Å². The molecule has 1 rings (SSSR count). The second-order valence-electron chi connectivity index (χ2n) is 5.28. The van der Waals surface area contributed by atoms with Crippen LogP contribution in [-0.4, -0.2) is 25.2 Å². The van der Waals surface area contributed by atoms with Gasteiger partial charge >= 0.3 is 11.9 Å². The van der Waals surface area contributed by atoms with Crippen LogP contribution in [0, 0.1) is 11.8 Å². The van der Waals surface area contributed by atoms with Crippen molar-refractivity contribution in [3.8, 4) is 0 Å². The van der Waals surface area contributed by atoms with E-state index in [2.05, 4.69) is 0 Å². The second kappa shape index (κ2) is 7.64. The number of carbonyl (C=O) groups is 2. The SMILES string of the molecule is CC(C)COC(=O)c1cc(Cl)sc1C(=O)OCC(C)C. The van der Waals surface area contributed by atoms with E-state index in [9.17, 15) is 9.59 Å². The Balaban J connectivity index is 2.81. The molecule has 0 atom stereocenters. The molecule has 0 bridgehead atoms. The Morgan fingerprint density at radius 1 is 1.10 bits per heavy atom. The van der Waals surface area contributed by atoms with Gasteiger partial charge in [-0.3, -0.25) is 0 Å². The number of carbonyl (C=O) groups excluding carboxylic acids is 2. The zero-order chi connectivity index (χ0) is 15.3. The number of esters is 2. The molecule has 20 heavy (non-hydrogen) atoms. The molecule has 1 aromatic heterocycles. The summed E-state index contributed by atoms with van der Waals surface area (Å²) in [5.74, 6) is -0.624. The van der Waals surface area contributed by atoms with Crippen molar-refractivity contribution < 1.29 is 19.1 Å². The number of rotatable bonds is 6. The first-order chi connectivity index (χ1) is 9.31. The van der Waals surface area contributed by atoms with Gasteiger partial charge in [-0.25, -0.2) is 9.59 Å². The van der Waals surface area contributed by atoms with Gasteiger partial charge in [-0.05, 0) is 17.9 Å². The van der Waals surface area contributed by atoms with E-state index in [1.165, 1.54) is 6.07 Å². The maximum absolute atomic E-state index is 11.9. The molecular formula is C14H19ClO4S. The Bertz CT molecular complexity index is 438. The van der Waals surface area contributed by atoms with E-state index in [0.717, 1.165) is 11.3 Å². The van der Waals surface area contributed by atoms with Gasteiger partial charge in [0.1, 0.15) is 4.88 Å². The average Bonchev–Trinajstić information content (AvgIpc) is 2.75. The summed E-state index contributed by atoms with van der Waals surface area (Å²) in [7, 11) is 0. The fourth-order valence-corrected chi connectivity index (χ4v) is 2.40. The van der Waals surface area contributed by atoms with Crippen molar-refractivity contribution in [3.63, 3.8) is 0 Å². The predicted molar refractivity (Wildman–Crippen MR) is 79.6 cm³/mol. The fraction of sp³-hybridized carbons (Fsp3) is 0.571. The summed E-state index contributed by atoms with van der Waals surface area (Å²) < 4.78 is 10.6. The molecule has 0 saturated carbocycles. The molecule has 0 unspecified atom stereocenters. The van der Waals surface area contributed by atoms with Crippen molar-refractivity contribution in [2.75, 3.05) is 13.2 Å². The molecule has 0 aromatic carbocycles. The molecule has 0 aliphatic rings. The van der Waals surface area contributed by atoms with Crippen molar-refractivity contribution in [3.05, 3.63) is 20.8 Å². The Morgan fingerprint density at radius 2 is 1.60 bits per heavy atom. The highest BCUT2D eigenvalue weighted by Gasteiger charge is 2.23. The molecule has 0 radical (unpaired) electrons. The van der Waals surface area contributed by atoms with E-state index in [4.69, 9.17) is 21.1 Å². The summed E-state index contributed by atoms with van der Waals surface area (Å²) >= 11 is 6.91. The second-order valence-corrected chi connectivity index (χ2v) is 6.96. The van der Waals surface area contributed by atoms with Gasteiger partial charge in [-0.1, -0.05) is 39.3 Å². The first kappa shape index (κ1) is 17.0. The first-order valence-corrected chi connectivity index (χ1v) is 7.64. The van der Waals surface area contributed by atoms with Crippen LogP contribution in [0.2, 0.25) is 4.34 Å². The molecule has 0 fully saturated rings. The number of halogens is 1. The van der Waals surface area contributed by atoms with E-state index >= 15 is 0 Å². The van der Waals surface area contributed by atoms with Gasteiger partial charge in [-0.2, -0.15) is 0 Å². The summed E-state index contributed by atoms with van der Waals surface area (Å²) in [6.45, 7) is 8.35. The minimum absolute atomic E-state index is 0.175. The van der Waals surface area contributed by atoms with Crippen LogP contribution in [0.5, 0.6) is 0 Å². The van der Waals surface area contributed by atoms with Crippen molar-refractivity contribution in [1.29, 1.82) is 0 Å². The van der Waals surface area contributed by atoms with Gasteiger partial charge in [0.05, 0.1) is 23.1 Å². The lowest BCUT2D eigenvalue weighted by atomic mass is 10.2. The lowest BCUT2D eigenvalue weighted by Crippen LogP contribution is -2.15. The molecule has 0 aliphatic carbocycles. The van der Waals surface area contributed by atoms with Gasteiger partial charge in [0.15, 0.2) is 0 Å². The van der Waals surface area contributed by atoms with Crippen LogP contribution in [0.1, 0.15) is 47.7 Å². The Kier molecular flexibility index (Phi) is 6.49. The van der Waals surface area contributed by atoms with E-state index in [0.29, 0.717) is 17.6 Å². The van der Waals surface area contributed by atoms with Crippen LogP contribution in [0.3, 0.4) is 0 Å². The van der Waals surface area contributed by atoms with Crippen LogP contribution < -0.4 is 0 Å². The smallest absolute Gasteiger partial charge is 0.349 e. The maximum atomic E-state index is 11.9. The fourth-order valence-electron chi connectivity index (χ4n) is 1.29. The maximum Gasteiger partial charge on any atom is 0.349 e. The van der Waals surface area contributed by atoms with E-state index in [1.54, 1.807) is 0 Å². The molecule has 0 amide bonds. The van der Waals surface area contributed by atoms with Gasteiger partial charge in [0.25, 0.3) is 0 Å². The number of hydrogen-bond donors (Lipinski definition) is 0. The van der Waals surface area contributed by atoms with Crippen molar-refractivity contribution in [2.45, 2.75) is 27.7 Å². The minimum Gasteiger partial charge on any atom is -0.462 e. The van der Waals surface area contributed by atoms with E-state index < -0.39 is 11.9 Å². The molecule has 0 aliphatic heterocycles. The Morgan fingerprint density at radius 3 is 2.10 bits per heavy atom. The zero-order valence-electron chi connectivity index (χ0n) is 12.1. The molecule has 0 spiro atoms. The molecule has 1 heterocycles.